The fraction of sp³-hybridized carbons (Fsp3) is 0.923. The van der Waals surface area contributed by atoms with Crippen LogP contribution in [0.25, 0.3) is 0 Å². The summed E-state index contributed by atoms with van der Waals surface area (Å²) >= 11 is 2.03. The Hall–Kier alpha value is 0.260. The van der Waals surface area contributed by atoms with Gasteiger partial charge in [-0.25, -0.2) is 8.42 Å². The van der Waals surface area contributed by atoms with Gasteiger partial charge >= 0.3 is 0 Å². The molecule has 1 saturated heterocycles. The molecule has 0 aromatic carbocycles. The highest BCUT2D eigenvalue weighted by Gasteiger charge is 2.21. The molecule has 0 aliphatic carbocycles. The zero-order valence-corrected chi connectivity index (χ0v) is 17.5. The molecule has 0 bridgehead atoms. The zero-order valence-electron chi connectivity index (χ0n) is 13.6. The molecule has 1 fully saturated rings. The number of thioether (sulfide) groups is 1. The smallest absolute Gasteiger partial charge is 0.193 e. The van der Waals surface area contributed by atoms with Crippen molar-refractivity contribution in [3.63, 3.8) is 0 Å². The van der Waals surface area contributed by atoms with E-state index in [2.05, 4.69) is 22.1 Å². The Morgan fingerprint density at radius 1 is 1.45 bits per heavy atom. The quantitative estimate of drug-likeness (QED) is 0.263. The van der Waals surface area contributed by atoms with E-state index in [0.717, 1.165) is 24.8 Å². The first-order valence-corrected chi connectivity index (χ1v) is 10.4. The molecule has 0 aromatic rings. The van der Waals surface area contributed by atoms with E-state index in [1.54, 1.807) is 7.05 Å². The third-order valence-electron chi connectivity index (χ3n) is 3.23. The average molecular weight is 465 g/mol. The molecule has 0 radical (unpaired) electrons. The molecule has 1 aliphatic heterocycles. The van der Waals surface area contributed by atoms with Crippen LogP contribution in [0.15, 0.2) is 4.99 Å². The van der Waals surface area contributed by atoms with Gasteiger partial charge in [0, 0.05) is 43.9 Å². The molecule has 1 rings (SSSR count). The Morgan fingerprint density at radius 2 is 2.18 bits per heavy atom. The van der Waals surface area contributed by atoms with Crippen molar-refractivity contribution in [3.05, 3.63) is 0 Å². The standard InChI is InChI=1S/C13H27N3O3S2.HI/c1-4-12-11-16(6-9-20-12)13(14-2)15-5-7-19-8-10-21(3,17)18;/h12H,4-11H2,1-3H3,(H,14,15);1H. The molecule has 0 saturated carbocycles. The molecule has 1 heterocycles. The van der Waals surface area contributed by atoms with Crippen molar-refractivity contribution in [2.24, 2.45) is 4.99 Å². The second kappa shape index (κ2) is 11.7. The van der Waals surface area contributed by atoms with E-state index in [1.165, 1.54) is 12.7 Å². The second-order valence-corrected chi connectivity index (χ2v) is 8.73. The molecule has 0 aromatic heterocycles. The Balaban J connectivity index is 0.00000441. The van der Waals surface area contributed by atoms with Crippen LogP contribution < -0.4 is 5.32 Å². The van der Waals surface area contributed by atoms with Gasteiger partial charge in [0.25, 0.3) is 0 Å². The largest absolute Gasteiger partial charge is 0.379 e. The molecule has 1 aliphatic rings. The van der Waals surface area contributed by atoms with Gasteiger partial charge in [-0.3, -0.25) is 4.99 Å². The summed E-state index contributed by atoms with van der Waals surface area (Å²) in [6.45, 7) is 5.61. The Labute approximate surface area is 155 Å². The van der Waals surface area contributed by atoms with Gasteiger partial charge in [0.1, 0.15) is 9.84 Å². The minimum absolute atomic E-state index is 0. The van der Waals surface area contributed by atoms with Crippen LogP contribution in [0.5, 0.6) is 0 Å². The fourth-order valence-corrected chi connectivity index (χ4v) is 3.64. The van der Waals surface area contributed by atoms with Crippen LogP contribution in [-0.4, -0.2) is 82.2 Å². The Kier molecular flexibility index (Phi) is 11.9. The lowest BCUT2D eigenvalue weighted by Gasteiger charge is -2.34. The number of guanidine groups is 1. The third kappa shape index (κ3) is 9.41. The van der Waals surface area contributed by atoms with Crippen molar-refractivity contribution in [2.45, 2.75) is 18.6 Å². The normalized spacial score (nSPS) is 19.7. The minimum atomic E-state index is -2.94. The maximum atomic E-state index is 11.0. The van der Waals surface area contributed by atoms with E-state index in [9.17, 15) is 8.42 Å². The highest BCUT2D eigenvalue weighted by Crippen LogP contribution is 2.20. The minimum Gasteiger partial charge on any atom is -0.379 e. The summed E-state index contributed by atoms with van der Waals surface area (Å²) in [7, 11) is -1.15. The molecule has 6 nitrogen and oxygen atoms in total. The van der Waals surface area contributed by atoms with Crippen molar-refractivity contribution in [3.8, 4) is 0 Å². The van der Waals surface area contributed by atoms with Crippen molar-refractivity contribution < 1.29 is 13.2 Å². The van der Waals surface area contributed by atoms with E-state index in [4.69, 9.17) is 4.74 Å². The maximum absolute atomic E-state index is 11.0. The van der Waals surface area contributed by atoms with Gasteiger partial charge in [0.05, 0.1) is 19.0 Å². The molecular formula is C13H28IN3O3S2. The van der Waals surface area contributed by atoms with Crippen LogP contribution in [0.2, 0.25) is 0 Å². The fourth-order valence-electron chi connectivity index (χ4n) is 2.04. The number of hydrogen-bond donors (Lipinski definition) is 1. The van der Waals surface area contributed by atoms with Gasteiger partial charge < -0.3 is 15.0 Å². The number of aliphatic imine (C=N–C) groups is 1. The number of halogens is 1. The SMILES string of the molecule is CCC1CN(C(=NC)NCCOCCS(C)(=O)=O)CCS1.I. The van der Waals surface area contributed by atoms with Crippen molar-refractivity contribution >= 4 is 51.5 Å². The van der Waals surface area contributed by atoms with Crippen molar-refractivity contribution in [1.82, 2.24) is 10.2 Å². The van der Waals surface area contributed by atoms with Gasteiger partial charge in [-0.2, -0.15) is 11.8 Å². The van der Waals surface area contributed by atoms with Gasteiger partial charge in [0.2, 0.25) is 0 Å². The number of nitrogens with zero attached hydrogens (tertiary/aromatic N) is 2. The Bertz CT molecular complexity index is 432. The lowest BCUT2D eigenvalue weighted by Crippen LogP contribution is -2.48. The monoisotopic (exact) mass is 465 g/mol. The van der Waals surface area contributed by atoms with E-state index in [1.807, 2.05) is 11.8 Å². The second-order valence-electron chi connectivity index (χ2n) is 5.06. The maximum Gasteiger partial charge on any atom is 0.193 e. The molecule has 1 atom stereocenters. The molecular weight excluding hydrogens is 437 g/mol. The first-order valence-electron chi connectivity index (χ1n) is 7.29. The number of hydrogen-bond acceptors (Lipinski definition) is 5. The summed E-state index contributed by atoms with van der Waals surface area (Å²) < 4.78 is 27.2. The van der Waals surface area contributed by atoms with E-state index in [0.29, 0.717) is 18.4 Å². The van der Waals surface area contributed by atoms with Crippen LogP contribution in [-0.2, 0) is 14.6 Å². The van der Waals surface area contributed by atoms with Crippen LogP contribution in [0, 0.1) is 0 Å². The van der Waals surface area contributed by atoms with Crippen LogP contribution in [0.1, 0.15) is 13.3 Å². The first kappa shape index (κ1) is 22.3. The molecule has 1 unspecified atom stereocenters. The topological polar surface area (TPSA) is 71.0 Å². The number of nitrogens with one attached hydrogen (secondary N) is 1. The van der Waals surface area contributed by atoms with Gasteiger partial charge in [-0.15, -0.1) is 24.0 Å². The van der Waals surface area contributed by atoms with Gasteiger partial charge in [0.15, 0.2) is 5.96 Å². The van der Waals surface area contributed by atoms with E-state index >= 15 is 0 Å². The van der Waals surface area contributed by atoms with Crippen LogP contribution >= 0.6 is 35.7 Å². The number of sulfone groups is 1. The Morgan fingerprint density at radius 3 is 2.77 bits per heavy atom. The lowest BCUT2D eigenvalue weighted by molar-refractivity contribution is 0.153. The number of ether oxygens (including phenoxy) is 1. The molecule has 9 heteroatoms. The van der Waals surface area contributed by atoms with Gasteiger partial charge in [-0.1, -0.05) is 6.92 Å². The molecule has 22 heavy (non-hydrogen) atoms. The average Bonchev–Trinajstić information content (AvgIpc) is 2.45. The predicted octanol–water partition coefficient (Wildman–Crippen LogP) is 1.07. The van der Waals surface area contributed by atoms with Gasteiger partial charge in [-0.05, 0) is 6.42 Å². The van der Waals surface area contributed by atoms with Crippen LogP contribution in [0.4, 0.5) is 0 Å². The predicted molar refractivity (Wildman–Crippen MR) is 105 cm³/mol. The highest BCUT2D eigenvalue weighted by atomic mass is 127. The highest BCUT2D eigenvalue weighted by molar-refractivity contribution is 14.0. The summed E-state index contributed by atoms with van der Waals surface area (Å²) in [5.41, 5.74) is 0. The number of rotatable bonds is 7. The first-order chi connectivity index (χ1) is 9.96. The van der Waals surface area contributed by atoms with Crippen molar-refractivity contribution in [2.75, 3.05) is 57.7 Å². The molecule has 1 N–H and O–H groups in total. The lowest BCUT2D eigenvalue weighted by atomic mass is 10.3. The summed E-state index contributed by atoms with van der Waals surface area (Å²) in [6.07, 6.45) is 2.39. The summed E-state index contributed by atoms with van der Waals surface area (Å²) in [4.78, 5) is 6.59. The van der Waals surface area contributed by atoms with Crippen LogP contribution in [0.3, 0.4) is 0 Å². The summed E-state index contributed by atoms with van der Waals surface area (Å²) in [5, 5.41) is 3.94. The van der Waals surface area contributed by atoms with E-state index in [-0.39, 0.29) is 36.3 Å². The van der Waals surface area contributed by atoms with Crippen molar-refractivity contribution in [1.29, 1.82) is 0 Å². The summed E-state index contributed by atoms with van der Waals surface area (Å²) in [6, 6.07) is 0. The van der Waals surface area contributed by atoms with E-state index < -0.39 is 9.84 Å². The molecule has 0 amide bonds. The molecule has 132 valence electrons. The summed E-state index contributed by atoms with van der Waals surface area (Å²) in [5.74, 6) is 2.10. The molecule has 0 spiro atoms. The zero-order chi connectivity index (χ0) is 15.7. The third-order valence-corrected chi connectivity index (χ3v) is 5.51.